The van der Waals surface area contributed by atoms with Gasteiger partial charge in [0.25, 0.3) is 0 Å². The van der Waals surface area contributed by atoms with Crippen LogP contribution in [0.1, 0.15) is 18.6 Å². The van der Waals surface area contributed by atoms with Crippen LogP contribution in [-0.2, 0) is 7.05 Å². The molecule has 1 atom stereocenters. The minimum atomic E-state index is -0.582. The first-order valence-corrected chi connectivity index (χ1v) is 6.86. The average Bonchev–Trinajstić information content (AvgIpc) is 2.63. The maximum Gasteiger partial charge on any atom is 0.343 e. The van der Waals surface area contributed by atoms with Crippen LogP contribution in [0.25, 0.3) is 0 Å². The molecule has 5 nitrogen and oxygen atoms in total. The minimum Gasteiger partial charge on any atom is -0.389 e. The van der Waals surface area contributed by atoms with E-state index in [1.165, 1.54) is 16.3 Å². The highest BCUT2D eigenvalue weighted by atomic mass is 79.9. The summed E-state index contributed by atoms with van der Waals surface area (Å²) >= 11 is 4.71. The Morgan fingerprint density at radius 2 is 2.28 bits per heavy atom. The van der Waals surface area contributed by atoms with Gasteiger partial charge in [-0.3, -0.25) is 4.57 Å². The standard InChI is InChI=1S/C11H12BrN3O2S/c1-6(16)8-5-7(12)3-4-9(8)18-11-14-13-10(17)15(11)2/h3-6,16H,1-2H3,(H,13,17). The van der Waals surface area contributed by atoms with Crippen molar-refractivity contribution in [1.82, 2.24) is 14.8 Å². The third kappa shape index (κ3) is 2.68. The zero-order chi connectivity index (χ0) is 13.3. The first kappa shape index (κ1) is 13.4. The number of aliphatic hydroxyl groups excluding tert-OH is 1. The maximum atomic E-state index is 11.3. The van der Waals surface area contributed by atoms with Crippen LogP contribution in [0.15, 0.2) is 37.5 Å². The van der Waals surface area contributed by atoms with E-state index in [1.54, 1.807) is 14.0 Å². The molecule has 0 aliphatic rings. The molecule has 18 heavy (non-hydrogen) atoms. The van der Waals surface area contributed by atoms with Crippen molar-refractivity contribution in [3.8, 4) is 0 Å². The third-order valence-electron chi connectivity index (χ3n) is 2.46. The van der Waals surface area contributed by atoms with E-state index in [0.29, 0.717) is 5.16 Å². The second kappa shape index (κ2) is 5.29. The second-order valence-corrected chi connectivity index (χ2v) is 5.76. The quantitative estimate of drug-likeness (QED) is 0.904. The van der Waals surface area contributed by atoms with E-state index in [9.17, 15) is 9.90 Å². The van der Waals surface area contributed by atoms with Gasteiger partial charge in [-0.15, -0.1) is 5.10 Å². The number of halogens is 1. The average molecular weight is 330 g/mol. The molecular formula is C11H12BrN3O2S. The molecule has 0 fully saturated rings. The Bertz CT molecular complexity index is 621. The number of hydrogen-bond acceptors (Lipinski definition) is 4. The van der Waals surface area contributed by atoms with Crippen molar-refractivity contribution in [3.63, 3.8) is 0 Å². The van der Waals surface area contributed by atoms with Gasteiger partial charge in [0.1, 0.15) is 0 Å². The Labute approximate surface area is 116 Å². The summed E-state index contributed by atoms with van der Waals surface area (Å²) in [5, 5.41) is 16.6. The molecule has 0 saturated heterocycles. The predicted molar refractivity (Wildman–Crippen MR) is 72.7 cm³/mol. The molecule has 0 aliphatic heterocycles. The number of nitrogens with one attached hydrogen (secondary N) is 1. The van der Waals surface area contributed by atoms with E-state index in [1.807, 2.05) is 18.2 Å². The van der Waals surface area contributed by atoms with Crippen LogP contribution in [0.4, 0.5) is 0 Å². The molecule has 1 aromatic heterocycles. The fraction of sp³-hybridized carbons (Fsp3) is 0.273. The molecule has 1 unspecified atom stereocenters. The van der Waals surface area contributed by atoms with Crippen molar-refractivity contribution in [2.45, 2.75) is 23.1 Å². The van der Waals surface area contributed by atoms with E-state index in [-0.39, 0.29) is 5.69 Å². The Balaban J connectivity index is 2.40. The third-order valence-corrected chi connectivity index (χ3v) is 4.09. The van der Waals surface area contributed by atoms with Gasteiger partial charge in [-0.2, -0.15) is 0 Å². The molecule has 1 heterocycles. The molecule has 0 saturated carbocycles. The van der Waals surface area contributed by atoms with Gasteiger partial charge in [0.05, 0.1) is 6.10 Å². The maximum absolute atomic E-state index is 11.3. The number of H-pyrrole nitrogens is 1. The van der Waals surface area contributed by atoms with E-state index in [4.69, 9.17) is 0 Å². The van der Waals surface area contributed by atoms with Gasteiger partial charge in [0, 0.05) is 16.4 Å². The lowest BCUT2D eigenvalue weighted by atomic mass is 10.1. The summed E-state index contributed by atoms with van der Waals surface area (Å²) in [7, 11) is 1.65. The van der Waals surface area contributed by atoms with Crippen LogP contribution in [0.3, 0.4) is 0 Å². The van der Waals surface area contributed by atoms with Crippen LogP contribution >= 0.6 is 27.7 Å². The first-order valence-electron chi connectivity index (χ1n) is 5.26. The van der Waals surface area contributed by atoms with Gasteiger partial charge in [0.15, 0.2) is 5.16 Å². The molecule has 2 aromatic rings. The Morgan fingerprint density at radius 3 is 2.83 bits per heavy atom. The first-order chi connectivity index (χ1) is 8.49. The summed E-state index contributed by atoms with van der Waals surface area (Å²) in [4.78, 5) is 12.1. The SMILES string of the molecule is CC(O)c1cc(Br)ccc1Sc1n[nH]c(=O)n1C. The summed E-state index contributed by atoms with van der Waals surface area (Å²) in [6, 6.07) is 5.63. The van der Waals surface area contributed by atoms with Crippen LogP contribution in [0, 0.1) is 0 Å². The molecule has 0 aliphatic carbocycles. The van der Waals surface area contributed by atoms with Crippen molar-refractivity contribution in [2.75, 3.05) is 0 Å². The highest BCUT2D eigenvalue weighted by Gasteiger charge is 2.13. The van der Waals surface area contributed by atoms with Crippen LogP contribution < -0.4 is 5.69 Å². The molecule has 2 rings (SSSR count). The number of benzene rings is 1. The molecule has 2 N–H and O–H groups in total. The van der Waals surface area contributed by atoms with Gasteiger partial charge < -0.3 is 5.11 Å². The highest BCUT2D eigenvalue weighted by Crippen LogP contribution is 2.33. The summed E-state index contributed by atoms with van der Waals surface area (Å²) < 4.78 is 2.33. The van der Waals surface area contributed by atoms with Crippen LogP contribution in [-0.4, -0.2) is 19.9 Å². The second-order valence-electron chi connectivity index (χ2n) is 3.83. The van der Waals surface area contributed by atoms with Gasteiger partial charge in [-0.05, 0) is 42.4 Å². The van der Waals surface area contributed by atoms with Crippen LogP contribution in [0.5, 0.6) is 0 Å². The number of aromatic amines is 1. The van der Waals surface area contributed by atoms with Gasteiger partial charge in [-0.25, -0.2) is 9.89 Å². The lowest BCUT2D eigenvalue weighted by molar-refractivity contribution is 0.196. The highest BCUT2D eigenvalue weighted by molar-refractivity contribution is 9.10. The van der Waals surface area contributed by atoms with Crippen molar-refractivity contribution in [1.29, 1.82) is 0 Å². The number of rotatable bonds is 3. The van der Waals surface area contributed by atoms with Gasteiger partial charge in [-0.1, -0.05) is 15.9 Å². The molecule has 7 heteroatoms. The predicted octanol–water partition coefficient (Wildman–Crippen LogP) is 2.08. The number of hydrogen-bond donors (Lipinski definition) is 2. The zero-order valence-corrected chi connectivity index (χ0v) is 12.2. The van der Waals surface area contributed by atoms with E-state index in [0.717, 1.165) is 14.9 Å². The van der Waals surface area contributed by atoms with Crippen molar-refractivity contribution in [3.05, 3.63) is 38.7 Å². The van der Waals surface area contributed by atoms with E-state index >= 15 is 0 Å². The summed E-state index contributed by atoms with van der Waals surface area (Å²) in [6.07, 6.45) is -0.582. The summed E-state index contributed by atoms with van der Waals surface area (Å²) in [5.41, 5.74) is 0.540. The lowest BCUT2D eigenvalue weighted by Crippen LogP contribution is -2.12. The molecule has 96 valence electrons. The minimum absolute atomic E-state index is 0.256. The number of aromatic nitrogens is 3. The number of aliphatic hydroxyl groups is 1. The number of nitrogens with zero attached hydrogens (tertiary/aromatic N) is 2. The monoisotopic (exact) mass is 329 g/mol. The fourth-order valence-corrected chi connectivity index (χ4v) is 2.83. The molecular weight excluding hydrogens is 318 g/mol. The Morgan fingerprint density at radius 1 is 1.56 bits per heavy atom. The normalized spacial score (nSPS) is 12.7. The summed E-state index contributed by atoms with van der Waals surface area (Å²) in [5.74, 6) is 0. The topological polar surface area (TPSA) is 70.9 Å². The Kier molecular flexibility index (Phi) is 3.94. The fourth-order valence-electron chi connectivity index (χ4n) is 1.46. The molecule has 1 aromatic carbocycles. The molecule has 0 radical (unpaired) electrons. The molecule has 0 amide bonds. The van der Waals surface area contributed by atoms with Gasteiger partial charge in [0.2, 0.25) is 0 Å². The van der Waals surface area contributed by atoms with Crippen molar-refractivity contribution < 1.29 is 5.11 Å². The summed E-state index contributed by atoms with van der Waals surface area (Å²) in [6.45, 7) is 1.70. The Hall–Kier alpha value is -1.05. The van der Waals surface area contributed by atoms with Gasteiger partial charge >= 0.3 is 5.69 Å². The van der Waals surface area contributed by atoms with Crippen molar-refractivity contribution >= 4 is 27.7 Å². The lowest BCUT2D eigenvalue weighted by Gasteiger charge is -2.11. The smallest absolute Gasteiger partial charge is 0.343 e. The van der Waals surface area contributed by atoms with E-state index < -0.39 is 6.10 Å². The largest absolute Gasteiger partial charge is 0.389 e. The van der Waals surface area contributed by atoms with Crippen LogP contribution in [0.2, 0.25) is 0 Å². The molecule has 0 spiro atoms. The van der Waals surface area contributed by atoms with Crippen molar-refractivity contribution in [2.24, 2.45) is 7.05 Å². The van der Waals surface area contributed by atoms with E-state index in [2.05, 4.69) is 26.1 Å². The molecule has 0 bridgehead atoms. The zero-order valence-electron chi connectivity index (χ0n) is 9.85.